The van der Waals surface area contributed by atoms with E-state index in [4.69, 9.17) is 9.47 Å². The van der Waals surface area contributed by atoms with Gasteiger partial charge in [-0.2, -0.15) is 0 Å². The lowest BCUT2D eigenvalue weighted by Gasteiger charge is -2.09. The molecule has 0 unspecified atom stereocenters. The van der Waals surface area contributed by atoms with Crippen LogP contribution in [0.25, 0.3) is 0 Å². The van der Waals surface area contributed by atoms with E-state index in [0.717, 1.165) is 32.8 Å². The van der Waals surface area contributed by atoms with Gasteiger partial charge in [0.05, 0.1) is 24.4 Å². The summed E-state index contributed by atoms with van der Waals surface area (Å²) in [7, 11) is 3.27. The molecule has 0 fully saturated rings. The molecule has 2 rings (SSSR count). The van der Waals surface area contributed by atoms with E-state index in [2.05, 4.69) is 46.0 Å². The average molecular weight is 348 g/mol. The van der Waals surface area contributed by atoms with E-state index >= 15 is 0 Å². The van der Waals surface area contributed by atoms with Gasteiger partial charge >= 0.3 is 0 Å². The van der Waals surface area contributed by atoms with E-state index < -0.39 is 0 Å². The minimum absolute atomic E-state index is 0.726. The fraction of sp³-hybridized carbons (Fsp3) is 0.235. The molecule has 110 valence electrons. The van der Waals surface area contributed by atoms with Crippen LogP contribution in [-0.4, -0.2) is 20.4 Å². The zero-order chi connectivity index (χ0) is 15.4. The second-order valence-corrected chi connectivity index (χ2v) is 5.63. The van der Waals surface area contributed by atoms with Crippen molar-refractivity contribution in [2.45, 2.75) is 13.8 Å². The minimum Gasteiger partial charge on any atom is -0.496 e. The Kier molecular flexibility index (Phi) is 5.02. The molecule has 0 saturated heterocycles. The van der Waals surface area contributed by atoms with Gasteiger partial charge in [0.1, 0.15) is 11.5 Å². The Morgan fingerprint density at radius 3 is 2.38 bits per heavy atom. The lowest BCUT2D eigenvalue weighted by atomic mass is 10.1. The van der Waals surface area contributed by atoms with Gasteiger partial charge in [-0.1, -0.05) is 12.1 Å². The molecule has 21 heavy (non-hydrogen) atoms. The molecule has 2 aromatic carbocycles. The predicted molar refractivity (Wildman–Crippen MR) is 90.4 cm³/mol. The van der Waals surface area contributed by atoms with Crippen molar-refractivity contribution in [2.24, 2.45) is 4.99 Å². The van der Waals surface area contributed by atoms with Crippen LogP contribution in [0.4, 0.5) is 5.69 Å². The minimum atomic E-state index is 0.726. The molecule has 2 aromatic rings. The number of aliphatic imine (C=N–C) groups is 1. The summed E-state index contributed by atoms with van der Waals surface area (Å²) in [4.78, 5) is 4.58. The van der Waals surface area contributed by atoms with Gasteiger partial charge in [0, 0.05) is 17.8 Å². The monoisotopic (exact) mass is 347 g/mol. The van der Waals surface area contributed by atoms with E-state index in [0.29, 0.717) is 0 Å². The van der Waals surface area contributed by atoms with E-state index in [1.54, 1.807) is 14.2 Å². The third kappa shape index (κ3) is 3.64. The van der Waals surface area contributed by atoms with Crippen molar-refractivity contribution in [2.75, 3.05) is 14.2 Å². The fourth-order valence-electron chi connectivity index (χ4n) is 1.98. The zero-order valence-electron chi connectivity index (χ0n) is 12.6. The molecule has 0 aromatic heterocycles. The molecule has 0 heterocycles. The third-order valence-corrected chi connectivity index (χ3v) is 3.83. The Morgan fingerprint density at radius 1 is 1.00 bits per heavy atom. The van der Waals surface area contributed by atoms with Crippen molar-refractivity contribution in [3.05, 3.63) is 51.5 Å². The van der Waals surface area contributed by atoms with E-state index in [1.807, 2.05) is 25.3 Å². The number of benzene rings is 2. The Morgan fingerprint density at radius 2 is 1.71 bits per heavy atom. The SMILES string of the molecule is COc1cc(OC)c(C=Nc2cc(C)ccc2C)cc1Br. The highest BCUT2D eigenvalue weighted by atomic mass is 79.9. The average Bonchev–Trinajstić information content (AvgIpc) is 2.48. The molecule has 0 aliphatic heterocycles. The molecular weight excluding hydrogens is 330 g/mol. The second-order valence-electron chi connectivity index (χ2n) is 4.78. The molecule has 0 aliphatic rings. The van der Waals surface area contributed by atoms with Gasteiger partial charge in [-0.3, -0.25) is 4.99 Å². The molecule has 0 spiro atoms. The summed E-state index contributed by atoms with van der Waals surface area (Å²) in [5, 5.41) is 0. The highest BCUT2D eigenvalue weighted by Gasteiger charge is 2.08. The summed E-state index contributed by atoms with van der Waals surface area (Å²) in [6.45, 7) is 4.11. The van der Waals surface area contributed by atoms with E-state index in [1.165, 1.54) is 5.56 Å². The summed E-state index contributed by atoms with van der Waals surface area (Å²) in [6.07, 6.45) is 1.81. The van der Waals surface area contributed by atoms with Crippen LogP contribution in [0.2, 0.25) is 0 Å². The lowest BCUT2D eigenvalue weighted by molar-refractivity contribution is 0.392. The zero-order valence-corrected chi connectivity index (χ0v) is 14.2. The van der Waals surface area contributed by atoms with Crippen LogP contribution in [0.3, 0.4) is 0 Å². The van der Waals surface area contributed by atoms with Gasteiger partial charge in [0.2, 0.25) is 0 Å². The van der Waals surface area contributed by atoms with Crippen molar-refractivity contribution >= 4 is 27.8 Å². The molecule has 0 aliphatic carbocycles. The maximum Gasteiger partial charge on any atom is 0.136 e. The topological polar surface area (TPSA) is 30.8 Å². The van der Waals surface area contributed by atoms with Crippen molar-refractivity contribution < 1.29 is 9.47 Å². The van der Waals surface area contributed by atoms with Gasteiger partial charge < -0.3 is 9.47 Å². The summed E-state index contributed by atoms with van der Waals surface area (Å²) < 4.78 is 11.5. The Bertz CT molecular complexity index is 681. The number of aryl methyl sites for hydroxylation is 2. The highest BCUT2D eigenvalue weighted by molar-refractivity contribution is 9.10. The number of halogens is 1. The van der Waals surface area contributed by atoms with Crippen LogP contribution < -0.4 is 9.47 Å². The van der Waals surface area contributed by atoms with Crippen molar-refractivity contribution in [1.82, 2.24) is 0 Å². The normalized spacial score (nSPS) is 10.9. The maximum atomic E-state index is 5.39. The van der Waals surface area contributed by atoms with Crippen molar-refractivity contribution in [3.63, 3.8) is 0 Å². The van der Waals surface area contributed by atoms with Crippen LogP contribution in [-0.2, 0) is 0 Å². The Hall–Kier alpha value is -1.81. The standard InChI is InChI=1S/C17H18BrNO2/c1-11-5-6-12(2)15(7-11)19-10-13-8-14(18)17(21-4)9-16(13)20-3/h5-10H,1-4H3. The quantitative estimate of drug-likeness (QED) is 0.741. The molecule has 3 nitrogen and oxygen atoms in total. The van der Waals surface area contributed by atoms with E-state index in [9.17, 15) is 0 Å². The van der Waals surface area contributed by atoms with Gasteiger partial charge in [-0.15, -0.1) is 0 Å². The molecule has 0 atom stereocenters. The molecule has 0 saturated carbocycles. The fourth-order valence-corrected chi connectivity index (χ4v) is 2.50. The first-order valence-electron chi connectivity index (χ1n) is 6.58. The van der Waals surface area contributed by atoms with Crippen LogP contribution in [0.1, 0.15) is 16.7 Å². The number of ether oxygens (including phenoxy) is 2. The van der Waals surface area contributed by atoms with Crippen LogP contribution in [0, 0.1) is 13.8 Å². The smallest absolute Gasteiger partial charge is 0.136 e. The van der Waals surface area contributed by atoms with Gasteiger partial charge in [0.25, 0.3) is 0 Å². The number of hydrogen-bond donors (Lipinski definition) is 0. The Labute approximate surface area is 133 Å². The number of rotatable bonds is 4. The number of nitrogens with zero attached hydrogens (tertiary/aromatic N) is 1. The highest BCUT2D eigenvalue weighted by Crippen LogP contribution is 2.32. The molecule has 0 amide bonds. The lowest BCUT2D eigenvalue weighted by Crippen LogP contribution is -1.94. The number of methoxy groups -OCH3 is 2. The Balaban J connectivity index is 2.40. The first-order valence-corrected chi connectivity index (χ1v) is 7.37. The molecule has 4 heteroatoms. The van der Waals surface area contributed by atoms with Gasteiger partial charge in [0.15, 0.2) is 0 Å². The molecule has 0 N–H and O–H groups in total. The molecule has 0 bridgehead atoms. The largest absolute Gasteiger partial charge is 0.496 e. The van der Waals surface area contributed by atoms with Crippen LogP contribution in [0.5, 0.6) is 11.5 Å². The maximum absolute atomic E-state index is 5.39. The summed E-state index contributed by atoms with van der Waals surface area (Å²) in [5.41, 5.74) is 4.19. The van der Waals surface area contributed by atoms with E-state index in [-0.39, 0.29) is 0 Å². The van der Waals surface area contributed by atoms with Gasteiger partial charge in [-0.05, 0) is 53.0 Å². The molecule has 0 radical (unpaired) electrons. The van der Waals surface area contributed by atoms with Crippen LogP contribution >= 0.6 is 15.9 Å². The first-order chi connectivity index (χ1) is 10.0. The summed E-state index contributed by atoms with van der Waals surface area (Å²) in [6, 6.07) is 10.00. The van der Waals surface area contributed by atoms with Crippen molar-refractivity contribution in [3.8, 4) is 11.5 Å². The molecular formula is C17H18BrNO2. The number of hydrogen-bond acceptors (Lipinski definition) is 3. The summed E-state index contributed by atoms with van der Waals surface area (Å²) in [5.74, 6) is 1.46. The summed E-state index contributed by atoms with van der Waals surface area (Å²) >= 11 is 3.48. The predicted octanol–water partition coefficient (Wildman–Crippen LogP) is 4.83. The first kappa shape index (κ1) is 15.6. The van der Waals surface area contributed by atoms with Crippen LogP contribution in [0.15, 0.2) is 39.8 Å². The third-order valence-electron chi connectivity index (χ3n) is 3.21. The van der Waals surface area contributed by atoms with Gasteiger partial charge in [-0.25, -0.2) is 0 Å². The second kappa shape index (κ2) is 6.76. The van der Waals surface area contributed by atoms with Crippen molar-refractivity contribution in [1.29, 1.82) is 0 Å².